The van der Waals surface area contributed by atoms with Crippen LogP contribution < -0.4 is 15.3 Å². The lowest BCUT2D eigenvalue weighted by molar-refractivity contribution is 0.415. The van der Waals surface area contributed by atoms with Gasteiger partial charge in [-0.15, -0.1) is 0 Å². The molecule has 0 fully saturated rings. The fourth-order valence-electron chi connectivity index (χ4n) is 3.49. The molecule has 0 atom stereocenters. The van der Waals surface area contributed by atoms with Gasteiger partial charge < -0.3 is 14.6 Å². The molecule has 1 N–H and O–H groups in total. The molecule has 4 rings (SSSR count). The van der Waals surface area contributed by atoms with Crippen LogP contribution in [0.5, 0.6) is 5.75 Å². The Labute approximate surface area is 195 Å². The van der Waals surface area contributed by atoms with Crippen molar-refractivity contribution in [3.8, 4) is 11.8 Å². The smallest absolute Gasteiger partial charge is 0.328 e. The highest BCUT2D eigenvalue weighted by atomic mass is 32.2. The van der Waals surface area contributed by atoms with Crippen LogP contribution in [-0.2, 0) is 6.54 Å². The van der Waals surface area contributed by atoms with Gasteiger partial charge in [-0.1, -0.05) is 30.8 Å². The Balaban J connectivity index is 1.83. The molecule has 0 aliphatic heterocycles. The summed E-state index contributed by atoms with van der Waals surface area (Å²) in [6, 6.07) is 17.0. The summed E-state index contributed by atoms with van der Waals surface area (Å²) >= 11 is 1.56. The lowest BCUT2D eigenvalue weighted by Crippen LogP contribution is -2.17. The molecule has 0 saturated carbocycles. The van der Waals surface area contributed by atoms with E-state index in [1.807, 2.05) is 48.3 Å². The Hall–Kier alpha value is -3.77. The molecule has 0 saturated heterocycles. The number of hydrogen-bond acceptors (Lipinski definition) is 7. The van der Waals surface area contributed by atoms with Gasteiger partial charge in [0.25, 0.3) is 0 Å². The maximum absolute atomic E-state index is 13.0. The molecule has 2 aromatic heterocycles. The first-order valence-electron chi connectivity index (χ1n) is 10.5. The van der Waals surface area contributed by atoms with Gasteiger partial charge in [0.15, 0.2) is 16.6 Å². The van der Waals surface area contributed by atoms with Crippen LogP contribution >= 0.6 is 11.8 Å². The van der Waals surface area contributed by atoms with Gasteiger partial charge in [-0.25, -0.2) is 14.8 Å². The zero-order valence-corrected chi connectivity index (χ0v) is 19.5. The number of benzene rings is 2. The summed E-state index contributed by atoms with van der Waals surface area (Å²) in [4.78, 5) is 27.3. The van der Waals surface area contributed by atoms with E-state index in [-0.39, 0.29) is 5.69 Å². The summed E-state index contributed by atoms with van der Waals surface area (Å²) in [7, 11) is 3.54. The number of nitrogens with one attached hydrogen (secondary N) is 1. The lowest BCUT2D eigenvalue weighted by Gasteiger charge is -2.20. The topological polar surface area (TPSA) is 99.8 Å². The van der Waals surface area contributed by atoms with Crippen LogP contribution in [-0.4, -0.2) is 39.4 Å². The number of thioether (sulfide) groups is 1. The monoisotopic (exact) mass is 460 g/mol. The number of aromatic amines is 1. The highest BCUT2D eigenvalue weighted by Gasteiger charge is 2.19. The van der Waals surface area contributed by atoms with Crippen molar-refractivity contribution >= 4 is 34.4 Å². The van der Waals surface area contributed by atoms with E-state index in [4.69, 9.17) is 14.7 Å². The van der Waals surface area contributed by atoms with Gasteiger partial charge in [-0.3, -0.25) is 4.57 Å². The number of imidazole rings is 1. The van der Waals surface area contributed by atoms with Gasteiger partial charge in [0.2, 0.25) is 0 Å². The molecule has 9 heteroatoms. The Morgan fingerprint density at radius 3 is 2.70 bits per heavy atom. The van der Waals surface area contributed by atoms with Gasteiger partial charge in [-0.2, -0.15) is 5.26 Å². The summed E-state index contributed by atoms with van der Waals surface area (Å²) in [5.74, 6) is 2.25. The Bertz CT molecular complexity index is 1370. The molecule has 0 spiro atoms. The van der Waals surface area contributed by atoms with Gasteiger partial charge >= 0.3 is 5.69 Å². The fraction of sp³-hybridized carbons (Fsp3) is 0.250. The minimum Gasteiger partial charge on any atom is -0.497 e. The van der Waals surface area contributed by atoms with Crippen LogP contribution in [0, 0.1) is 11.3 Å². The van der Waals surface area contributed by atoms with E-state index in [2.05, 4.69) is 18.0 Å². The average molecular weight is 461 g/mol. The van der Waals surface area contributed by atoms with E-state index in [0.29, 0.717) is 34.2 Å². The maximum atomic E-state index is 13.0. The normalized spacial score (nSPS) is 10.8. The van der Waals surface area contributed by atoms with Crippen LogP contribution in [0.1, 0.15) is 24.5 Å². The Kier molecular flexibility index (Phi) is 6.66. The molecule has 0 bridgehead atoms. The maximum Gasteiger partial charge on any atom is 0.328 e. The number of H-pyrrole nitrogens is 1. The molecule has 2 heterocycles. The summed E-state index contributed by atoms with van der Waals surface area (Å²) in [5, 5.41) is 9.82. The second kappa shape index (κ2) is 9.79. The Morgan fingerprint density at radius 2 is 2.00 bits per heavy atom. The number of ether oxygens (including phenoxy) is 1. The first-order chi connectivity index (χ1) is 16.0. The second-order valence-corrected chi connectivity index (χ2v) is 8.52. The zero-order chi connectivity index (χ0) is 23.4. The predicted octanol–water partition coefficient (Wildman–Crippen LogP) is 4.32. The number of hydrogen-bond donors (Lipinski definition) is 1. The van der Waals surface area contributed by atoms with Crippen LogP contribution in [0.4, 0.5) is 11.5 Å². The van der Waals surface area contributed by atoms with Crippen molar-refractivity contribution in [2.24, 2.45) is 0 Å². The number of methoxy groups -OCH3 is 1. The fourth-order valence-corrected chi connectivity index (χ4v) is 4.18. The number of nitrogens with zero attached hydrogens (tertiary/aromatic N) is 5. The number of rotatable bonds is 8. The number of nitriles is 1. The summed E-state index contributed by atoms with van der Waals surface area (Å²) in [6.07, 6.45) is 0.983. The summed E-state index contributed by atoms with van der Waals surface area (Å²) < 4.78 is 6.85. The van der Waals surface area contributed by atoms with E-state index in [0.717, 1.165) is 29.2 Å². The van der Waals surface area contributed by atoms with E-state index < -0.39 is 0 Å². The predicted molar refractivity (Wildman–Crippen MR) is 130 cm³/mol. The third-order valence-electron chi connectivity index (χ3n) is 5.19. The molecule has 0 aliphatic carbocycles. The molecule has 2 aromatic carbocycles. The zero-order valence-electron chi connectivity index (χ0n) is 18.7. The number of fused-ring (bicyclic) bond motifs is 1. The van der Waals surface area contributed by atoms with E-state index in [1.165, 1.54) is 0 Å². The molecule has 33 heavy (non-hydrogen) atoms. The average Bonchev–Trinajstić information content (AvgIpc) is 3.16. The van der Waals surface area contributed by atoms with Crippen molar-refractivity contribution in [1.82, 2.24) is 19.5 Å². The van der Waals surface area contributed by atoms with Crippen molar-refractivity contribution in [2.75, 3.05) is 24.8 Å². The van der Waals surface area contributed by atoms with Gasteiger partial charge in [0.1, 0.15) is 11.3 Å². The van der Waals surface area contributed by atoms with Gasteiger partial charge in [0, 0.05) is 18.5 Å². The minimum absolute atomic E-state index is 0.274. The molecule has 0 amide bonds. The van der Waals surface area contributed by atoms with Gasteiger partial charge in [0.05, 0.1) is 25.3 Å². The molecule has 4 aromatic rings. The van der Waals surface area contributed by atoms with Crippen molar-refractivity contribution < 1.29 is 4.74 Å². The third-order valence-corrected chi connectivity index (χ3v) is 6.25. The van der Waals surface area contributed by atoms with Crippen molar-refractivity contribution in [3.63, 3.8) is 0 Å². The van der Waals surface area contributed by atoms with Crippen molar-refractivity contribution in [1.29, 1.82) is 5.26 Å². The molecule has 168 valence electrons. The first kappa shape index (κ1) is 22.4. The number of anilines is 2. The first-order valence-corrected chi connectivity index (χ1v) is 11.5. The molecular formula is C24H24N6O2S. The third kappa shape index (κ3) is 4.71. The SMILES string of the molecule is CCCSc1nc(N(C)c2ccc(OC)cc2)c2[nH]c(=O)n(Cc3cccc(C#N)c3)c2n1. The highest BCUT2D eigenvalue weighted by molar-refractivity contribution is 7.99. The Morgan fingerprint density at radius 1 is 1.21 bits per heavy atom. The molecular weight excluding hydrogens is 436 g/mol. The molecule has 0 radical (unpaired) electrons. The molecule has 8 nitrogen and oxygen atoms in total. The van der Waals surface area contributed by atoms with Crippen LogP contribution in [0.3, 0.4) is 0 Å². The summed E-state index contributed by atoms with van der Waals surface area (Å²) in [5.41, 5.74) is 3.13. The van der Waals surface area contributed by atoms with E-state index >= 15 is 0 Å². The van der Waals surface area contributed by atoms with E-state index in [1.54, 1.807) is 35.6 Å². The van der Waals surface area contributed by atoms with Crippen LogP contribution in [0.2, 0.25) is 0 Å². The largest absolute Gasteiger partial charge is 0.497 e. The van der Waals surface area contributed by atoms with Crippen molar-refractivity contribution in [3.05, 3.63) is 70.1 Å². The molecule has 0 unspecified atom stereocenters. The van der Waals surface area contributed by atoms with Crippen molar-refractivity contribution in [2.45, 2.75) is 25.0 Å². The van der Waals surface area contributed by atoms with Gasteiger partial charge in [-0.05, 0) is 48.4 Å². The highest BCUT2D eigenvalue weighted by Crippen LogP contribution is 2.30. The van der Waals surface area contributed by atoms with Crippen LogP contribution in [0.25, 0.3) is 11.2 Å². The lowest BCUT2D eigenvalue weighted by atomic mass is 10.1. The quantitative estimate of drug-likeness (QED) is 0.309. The minimum atomic E-state index is -0.274. The standard InChI is InChI=1S/C24H24N6O2S/c1-4-12-33-23-27-21(29(2)18-8-10-19(32-3)11-9-18)20-22(28-23)30(24(31)26-20)15-17-7-5-6-16(13-17)14-25/h5-11,13H,4,12,15H2,1-3H3,(H,26,31). The second-order valence-electron chi connectivity index (χ2n) is 7.46. The summed E-state index contributed by atoms with van der Waals surface area (Å²) in [6.45, 7) is 2.40. The number of aromatic nitrogens is 4. The molecule has 0 aliphatic rings. The van der Waals surface area contributed by atoms with Crippen LogP contribution in [0.15, 0.2) is 58.5 Å². The van der Waals surface area contributed by atoms with E-state index in [9.17, 15) is 10.1 Å².